The largest absolute Gasteiger partial charge is 0.450 e. The van der Waals surface area contributed by atoms with Gasteiger partial charge in [0, 0.05) is 44.9 Å². The number of piperazine rings is 1. The zero-order valence-electron chi connectivity index (χ0n) is 13.8. The highest BCUT2D eigenvalue weighted by atomic mass is 16.6. The van der Waals surface area contributed by atoms with Gasteiger partial charge in [0.25, 0.3) is 0 Å². The van der Waals surface area contributed by atoms with Crippen LogP contribution in [0, 0.1) is 0 Å². The van der Waals surface area contributed by atoms with E-state index in [2.05, 4.69) is 5.32 Å². The second kappa shape index (κ2) is 8.19. The van der Waals surface area contributed by atoms with E-state index in [9.17, 15) is 14.4 Å². The van der Waals surface area contributed by atoms with Gasteiger partial charge >= 0.3 is 18.1 Å². The van der Waals surface area contributed by atoms with Crippen LogP contribution in [0.4, 0.5) is 15.3 Å². The number of carbonyl (C=O) groups excluding carboxylic acids is 3. The van der Waals surface area contributed by atoms with Gasteiger partial charge in [0.15, 0.2) is 0 Å². The molecular formula is C16H21N3O5. The van der Waals surface area contributed by atoms with Crippen molar-refractivity contribution >= 4 is 23.8 Å². The van der Waals surface area contributed by atoms with Crippen LogP contribution < -0.4 is 10.1 Å². The van der Waals surface area contributed by atoms with Crippen molar-refractivity contribution in [3.8, 4) is 5.75 Å². The van der Waals surface area contributed by atoms with Crippen LogP contribution in [0.1, 0.15) is 13.8 Å². The molecule has 0 aliphatic carbocycles. The van der Waals surface area contributed by atoms with Crippen molar-refractivity contribution < 1.29 is 23.9 Å². The first kappa shape index (κ1) is 17.6. The summed E-state index contributed by atoms with van der Waals surface area (Å²) in [5.41, 5.74) is 0.534. The second-order valence-corrected chi connectivity index (χ2v) is 5.22. The number of hydrogen-bond donors (Lipinski definition) is 1. The molecule has 130 valence electrons. The van der Waals surface area contributed by atoms with Gasteiger partial charge in [-0.15, -0.1) is 0 Å². The van der Waals surface area contributed by atoms with Gasteiger partial charge in [-0.3, -0.25) is 4.79 Å². The van der Waals surface area contributed by atoms with Crippen LogP contribution in [-0.2, 0) is 9.53 Å². The molecular weight excluding hydrogens is 314 g/mol. The highest BCUT2D eigenvalue weighted by Gasteiger charge is 2.24. The fraction of sp³-hybridized carbons (Fsp3) is 0.438. The number of benzene rings is 1. The molecule has 1 aliphatic rings. The Kier molecular flexibility index (Phi) is 6.00. The maximum Gasteiger partial charge on any atom is 0.409 e. The summed E-state index contributed by atoms with van der Waals surface area (Å²) in [7, 11) is 0. The normalized spacial score (nSPS) is 14.1. The third-order valence-corrected chi connectivity index (χ3v) is 3.44. The van der Waals surface area contributed by atoms with E-state index in [4.69, 9.17) is 9.47 Å². The Bertz CT molecular complexity index is 611. The first-order chi connectivity index (χ1) is 11.5. The Hall–Kier alpha value is -2.77. The molecule has 1 aromatic rings. The van der Waals surface area contributed by atoms with Gasteiger partial charge in [0.1, 0.15) is 5.75 Å². The lowest BCUT2D eigenvalue weighted by Gasteiger charge is -2.34. The summed E-state index contributed by atoms with van der Waals surface area (Å²) < 4.78 is 9.93. The number of anilines is 1. The van der Waals surface area contributed by atoms with Gasteiger partial charge in [-0.2, -0.15) is 0 Å². The number of hydrogen-bond acceptors (Lipinski definition) is 5. The first-order valence-electron chi connectivity index (χ1n) is 7.75. The van der Waals surface area contributed by atoms with Crippen LogP contribution in [0.15, 0.2) is 24.3 Å². The molecule has 24 heavy (non-hydrogen) atoms. The Morgan fingerprint density at radius 3 is 2.42 bits per heavy atom. The minimum atomic E-state index is -0.423. The molecule has 8 heteroatoms. The van der Waals surface area contributed by atoms with Crippen LogP contribution in [-0.4, -0.2) is 60.7 Å². The number of nitrogens with zero attached hydrogens (tertiary/aromatic N) is 2. The van der Waals surface area contributed by atoms with Gasteiger partial charge in [-0.05, 0) is 19.1 Å². The average Bonchev–Trinajstić information content (AvgIpc) is 2.55. The van der Waals surface area contributed by atoms with Crippen molar-refractivity contribution in [2.45, 2.75) is 13.8 Å². The number of esters is 1. The van der Waals surface area contributed by atoms with Gasteiger partial charge in [0.2, 0.25) is 0 Å². The smallest absolute Gasteiger partial charge is 0.409 e. The number of rotatable bonds is 3. The van der Waals surface area contributed by atoms with E-state index in [1.165, 1.54) is 6.92 Å². The van der Waals surface area contributed by atoms with Gasteiger partial charge in [-0.1, -0.05) is 6.07 Å². The highest BCUT2D eigenvalue weighted by Crippen LogP contribution is 2.18. The van der Waals surface area contributed by atoms with Crippen molar-refractivity contribution in [3.63, 3.8) is 0 Å². The van der Waals surface area contributed by atoms with E-state index < -0.39 is 5.97 Å². The Labute approximate surface area is 140 Å². The van der Waals surface area contributed by atoms with Crippen LogP contribution in [0.5, 0.6) is 5.75 Å². The minimum Gasteiger partial charge on any atom is -0.450 e. The fourth-order valence-electron chi connectivity index (χ4n) is 2.31. The molecule has 2 rings (SSSR count). The van der Waals surface area contributed by atoms with E-state index in [1.54, 1.807) is 41.0 Å². The van der Waals surface area contributed by atoms with Crippen molar-refractivity contribution in [2.75, 3.05) is 38.1 Å². The van der Waals surface area contributed by atoms with Crippen molar-refractivity contribution in [1.29, 1.82) is 0 Å². The molecule has 0 atom stereocenters. The van der Waals surface area contributed by atoms with Gasteiger partial charge in [-0.25, -0.2) is 9.59 Å². The third-order valence-electron chi connectivity index (χ3n) is 3.44. The first-order valence-corrected chi connectivity index (χ1v) is 7.75. The van der Waals surface area contributed by atoms with Crippen LogP contribution >= 0.6 is 0 Å². The number of ether oxygens (including phenoxy) is 2. The van der Waals surface area contributed by atoms with Crippen molar-refractivity contribution in [3.05, 3.63) is 24.3 Å². The summed E-state index contributed by atoms with van der Waals surface area (Å²) >= 11 is 0. The topological polar surface area (TPSA) is 88.2 Å². The molecule has 0 saturated carbocycles. The molecule has 1 aromatic carbocycles. The van der Waals surface area contributed by atoms with Crippen molar-refractivity contribution in [1.82, 2.24) is 9.80 Å². The van der Waals surface area contributed by atoms with Crippen LogP contribution in [0.2, 0.25) is 0 Å². The summed E-state index contributed by atoms with van der Waals surface area (Å²) in [5, 5.41) is 2.76. The number of carbonyl (C=O) groups is 3. The number of amides is 3. The summed E-state index contributed by atoms with van der Waals surface area (Å²) in [6.07, 6.45) is -0.355. The Morgan fingerprint density at radius 1 is 1.12 bits per heavy atom. The Balaban J connectivity index is 1.87. The average molecular weight is 335 g/mol. The zero-order valence-corrected chi connectivity index (χ0v) is 13.8. The maximum absolute atomic E-state index is 12.3. The monoisotopic (exact) mass is 335 g/mol. The molecule has 1 heterocycles. The van der Waals surface area contributed by atoms with Crippen LogP contribution in [0.3, 0.4) is 0 Å². The molecule has 1 saturated heterocycles. The van der Waals surface area contributed by atoms with Crippen LogP contribution in [0.25, 0.3) is 0 Å². The summed E-state index contributed by atoms with van der Waals surface area (Å²) in [6, 6.07) is 6.34. The summed E-state index contributed by atoms with van der Waals surface area (Å²) in [5.74, 6) is -0.0546. The maximum atomic E-state index is 12.3. The standard InChI is InChI=1S/C16H21N3O5/c1-3-23-16(22)19-9-7-18(8-10-19)15(21)17-13-5-4-6-14(11-13)24-12(2)20/h4-6,11H,3,7-10H2,1-2H3,(H,17,21). The van der Waals surface area contributed by atoms with Gasteiger partial charge in [0.05, 0.1) is 6.61 Å². The van der Waals surface area contributed by atoms with E-state index in [0.717, 1.165) is 0 Å². The lowest BCUT2D eigenvalue weighted by molar-refractivity contribution is -0.131. The molecule has 1 fully saturated rings. The molecule has 0 aromatic heterocycles. The lowest BCUT2D eigenvalue weighted by Crippen LogP contribution is -2.51. The lowest BCUT2D eigenvalue weighted by atomic mass is 10.3. The van der Waals surface area contributed by atoms with E-state index in [1.807, 2.05) is 0 Å². The second-order valence-electron chi connectivity index (χ2n) is 5.22. The predicted octanol–water partition coefficient (Wildman–Crippen LogP) is 1.92. The van der Waals surface area contributed by atoms with E-state index >= 15 is 0 Å². The SMILES string of the molecule is CCOC(=O)N1CCN(C(=O)Nc2cccc(OC(C)=O)c2)CC1. The molecule has 3 amide bonds. The molecule has 1 N–H and O–H groups in total. The Morgan fingerprint density at radius 2 is 1.79 bits per heavy atom. The summed E-state index contributed by atoms with van der Waals surface area (Å²) in [4.78, 5) is 38.1. The fourth-order valence-corrected chi connectivity index (χ4v) is 2.31. The minimum absolute atomic E-state index is 0.265. The predicted molar refractivity (Wildman–Crippen MR) is 86.9 cm³/mol. The third kappa shape index (κ3) is 4.87. The molecule has 0 radical (unpaired) electrons. The van der Waals surface area contributed by atoms with Gasteiger partial charge < -0.3 is 24.6 Å². The number of nitrogens with one attached hydrogen (secondary N) is 1. The van der Waals surface area contributed by atoms with Crippen molar-refractivity contribution in [2.24, 2.45) is 0 Å². The summed E-state index contributed by atoms with van der Waals surface area (Å²) in [6.45, 7) is 5.11. The highest BCUT2D eigenvalue weighted by molar-refractivity contribution is 5.89. The molecule has 8 nitrogen and oxygen atoms in total. The zero-order chi connectivity index (χ0) is 17.5. The molecule has 0 unspecified atom stereocenters. The molecule has 0 spiro atoms. The molecule has 0 bridgehead atoms. The molecule has 1 aliphatic heterocycles. The van der Waals surface area contributed by atoms with E-state index in [-0.39, 0.29) is 12.1 Å². The quantitative estimate of drug-likeness (QED) is 0.673. The van der Waals surface area contributed by atoms with E-state index in [0.29, 0.717) is 44.2 Å². The number of urea groups is 1.